The fraction of sp³-hybridized carbons (Fsp3) is 0.471. The predicted molar refractivity (Wildman–Crippen MR) is 91.1 cm³/mol. The molecule has 7 nitrogen and oxygen atoms in total. The van der Waals surface area contributed by atoms with E-state index in [2.05, 4.69) is 16.0 Å². The number of aliphatic hydroxyl groups is 1. The van der Waals surface area contributed by atoms with Gasteiger partial charge in [0.15, 0.2) is 0 Å². The lowest BCUT2D eigenvalue weighted by Gasteiger charge is -2.21. The molecule has 1 aromatic carbocycles. The number of benzene rings is 1. The van der Waals surface area contributed by atoms with Gasteiger partial charge in [-0.05, 0) is 23.6 Å². The van der Waals surface area contributed by atoms with Crippen LogP contribution in [0.25, 0.3) is 0 Å². The first-order valence-corrected chi connectivity index (χ1v) is 7.94. The van der Waals surface area contributed by atoms with Crippen molar-refractivity contribution in [2.24, 2.45) is 5.92 Å². The van der Waals surface area contributed by atoms with Gasteiger partial charge in [-0.15, -0.1) is 0 Å². The van der Waals surface area contributed by atoms with Crippen LogP contribution in [0.3, 0.4) is 0 Å². The van der Waals surface area contributed by atoms with Gasteiger partial charge in [0, 0.05) is 12.1 Å². The molecule has 0 aliphatic rings. The second-order valence-corrected chi connectivity index (χ2v) is 5.76. The molecular weight excluding hydrogens is 310 g/mol. The molecule has 3 amide bonds. The first kappa shape index (κ1) is 19.6. The minimum Gasteiger partial charge on any atom is -0.392 e. The zero-order chi connectivity index (χ0) is 18.1. The Bertz CT molecular complexity index is 570. The van der Waals surface area contributed by atoms with Crippen molar-refractivity contribution in [2.45, 2.75) is 39.8 Å². The molecule has 0 heterocycles. The van der Waals surface area contributed by atoms with Gasteiger partial charge < -0.3 is 21.1 Å². The highest BCUT2D eigenvalue weighted by Gasteiger charge is 2.23. The molecule has 0 radical (unpaired) electrons. The van der Waals surface area contributed by atoms with E-state index in [-0.39, 0.29) is 30.9 Å². The third kappa shape index (κ3) is 6.37. The standard InChI is InChI=1S/C17H25N3O4/c1-4-14(22)20-16(11(2)3)17(24)18-9-15(23)19-13-7-5-12(10-21)6-8-13/h5-8,11,16,21H,4,9-10H2,1-3H3,(H,18,24)(H,19,23)(H,20,22). The van der Waals surface area contributed by atoms with Gasteiger partial charge in [0.2, 0.25) is 17.7 Å². The Balaban J connectivity index is 2.51. The maximum Gasteiger partial charge on any atom is 0.243 e. The van der Waals surface area contributed by atoms with Crippen molar-refractivity contribution in [3.05, 3.63) is 29.8 Å². The highest BCUT2D eigenvalue weighted by atomic mass is 16.3. The topological polar surface area (TPSA) is 108 Å². The Kier molecular flexibility index (Phi) is 7.91. The average molecular weight is 335 g/mol. The highest BCUT2D eigenvalue weighted by molar-refractivity contribution is 5.96. The maximum absolute atomic E-state index is 12.1. The summed E-state index contributed by atoms with van der Waals surface area (Å²) in [4.78, 5) is 35.5. The van der Waals surface area contributed by atoms with E-state index in [1.54, 1.807) is 31.2 Å². The van der Waals surface area contributed by atoms with E-state index in [0.29, 0.717) is 12.1 Å². The van der Waals surface area contributed by atoms with Crippen molar-refractivity contribution in [3.63, 3.8) is 0 Å². The SMILES string of the molecule is CCC(=O)NC(C(=O)NCC(=O)Nc1ccc(CO)cc1)C(C)C. The molecule has 0 bridgehead atoms. The summed E-state index contributed by atoms with van der Waals surface area (Å²) >= 11 is 0. The molecule has 4 N–H and O–H groups in total. The largest absolute Gasteiger partial charge is 0.392 e. The van der Waals surface area contributed by atoms with Crippen LogP contribution in [0.15, 0.2) is 24.3 Å². The van der Waals surface area contributed by atoms with Crippen LogP contribution >= 0.6 is 0 Å². The number of carbonyl (C=O) groups is 3. The zero-order valence-electron chi connectivity index (χ0n) is 14.3. The number of rotatable bonds is 8. The monoisotopic (exact) mass is 335 g/mol. The molecule has 1 rings (SSSR count). The van der Waals surface area contributed by atoms with Gasteiger partial charge in [-0.2, -0.15) is 0 Å². The fourth-order valence-corrected chi connectivity index (χ4v) is 1.99. The van der Waals surface area contributed by atoms with Crippen LogP contribution in [-0.4, -0.2) is 35.4 Å². The molecule has 0 spiro atoms. The normalized spacial score (nSPS) is 11.7. The molecular formula is C17H25N3O4. The molecule has 1 unspecified atom stereocenters. The third-order valence-electron chi connectivity index (χ3n) is 3.43. The van der Waals surface area contributed by atoms with Gasteiger partial charge in [-0.3, -0.25) is 14.4 Å². The Morgan fingerprint density at radius 2 is 1.71 bits per heavy atom. The van der Waals surface area contributed by atoms with Crippen molar-refractivity contribution >= 4 is 23.4 Å². The van der Waals surface area contributed by atoms with Gasteiger partial charge in [0.1, 0.15) is 6.04 Å². The van der Waals surface area contributed by atoms with Crippen molar-refractivity contribution in [3.8, 4) is 0 Å². The molecule has 1 atom stereocenters. The molecule has 7 heteroatoms. The van der Waals surface area contributed by atoms with E-state index < -0.39 is 11.9 Å². The summed E-state index contributed by atoms with van der Waals surface area (Å²) in [7, 11) is 0. The number of hydrogen-bond acceptors (Lipinski definition) is 4. The van der Waals surface area contributed by atoms with Crippen LogP contribution < -0.4 is 16.0 Å². The summed E-state index contributed by atoms with van der Waals surface area (Å²) in [5, 5.41) is 16.8. The first-order chi connectivity index (χ1) is 11.4. The quantitative estimate of drug-likeness (QED) is 0.563. The Morgan fingerprint density at radius 3 is 2.21 bits per heavy atom. The Hall–Kier alpha value is -2.41. The lowest BCUT2D eigenvalue weighted by molar-refractivity contribution is -0.130. The molecule has 0 fully saturated rings. The number of anilines is 1. The van der Waals surface area contributed by atoms with Gasteiger partial charge in [0.05, 0.1) is 13.2 Å². The summed E-state index contributed by atoms with van der Waals surface area (Å²) in [5.41, 5.74) is 1.32. The van der Waals surface area contributed by atoms with Gasteiger partial charge in [-0.1, -0.05) is 32.9 Å². The first-order valence-electron chi connectivity index (χ1n) is 7.94. The lowest BCUT2D eigenvalue weighted by Crippen LogP contribution is -2.50. The second-order valence-electron chi connectivity index (χ2n) is 5.76. The van der Waals surface area contributed by atoms with Gasteiger partial charge in [-0.25, -0.2) is 0 Å². The van der Waals surface area contributed by atoms with Crippen molar-refractivity contribution in [1.82, 2.24) is 10.6 Å². The Morgan fingerprint density at radius 1 is 1.08 bits per heavy atom. The maximum atomic E-state index is 12.1. The highest BCUT2D eigenvalue weighted by Crippen LogP contribution is 2.09. The van der Waals surface area contributed by atoms with Crippen molar-refractivity contribution in [2.75, 3.05) is 11.9 Å². The van der Waals surface area contributed by atoms with Crippen LogP contribution in [0.2, 0.25) is 0 Å². The number of amides is 3. The number of aliphatic hydroxyl groups excluding tert-OH is 1. The van der Waals surface area contributed by atoms with Gasteiger partial charge in [0.25, 0.3) is 0 Å². The van der Waals surface area contributed by atoms with Crippen LogP contribution in [0.1, 0.15) is 32.8 Å². The number of hydrogen-bond donors (Lipinski definition) is 4. The molecule has 132 valence electrons. The summed E-state index contributed by atoms with van der Waals surface area (Å²) in [6, 6.07) is 6.06. The van der Waals surface area contributed by atoms with E-state index in [1.807, 2.05) is 13.8 Å². The summed E-state index contributed by atoms with van der Waals surface area (Å²) in [5.74, 6) is -1.06. The van der Waals surface area contributed by atoms with Crippen LogP contribution in [0.4, 0.5) is 5.69 Å². The minimum atomic E-state index is -0.672. The zero-order valence-corrected chi connectivity index (χ0v) is 14.3. The molecule has 0 aliphatic carbocycles. The lowest BCUT2D eigenvalue weighted by atomic mass is 10.0. The molecule has 1 aromatic rings. The molecule has 0 saturated heterocycles. The van der Waals surface area contributed by atoms with E-state index in [4.69, 9.17) is 5.11 Å². The van der Waals surface area contributed by atoms with Gasteiger partial charge >= 0.3 is 0 Å². The molecule has 0 aliphatic heterocycles. The van der Waals surface area contributed by atoms with Crippen LogP contribution in [-0.2, 0) is 21.0 Å². The summed E-state index contributed by atoms with van der Waals surface area (Å²) in [6.45, 7) is 5.10. The molecule has 0 aromatic heterocycles. The second kappa shape index (κ2) is 9.67. The minimum absolute atomic E-state index is 0.0651. The summed E-state index contributed by atoms with van der Waals surface area (Å²) in [6.07, 6.45) is 0.292. The fourth-order valence-electron chi connectivity index (χ4n) is 1.99. The number of carbonyl (C=O) groups excluding carboxylic acids is 3. The molecule has 24 heavy (non-hydrogen) atoms. The van der Waals surface area contributed by atoms with Crippen LogP contribution in [0.5, 0.6) is 0 Å². The van der Waals surface area contributed by atoms with Crippen molar-refractivity contribution < 1.29 is 19.5 Å². The third-order valence-corrected chi connectivity index (χ3v) is 3.43. The number of nitrogens with one attached hydrogen (secondary N) is 3. The average Bonchev–Trinajstić information content (AvgIpc) is 2.57. The summed E-state index contributed by atoms with van der Waals surface area (Å²) < 4.78 is 0. The van der Waals surface area contributed by atoms with Crippen LogP contribution in [0, 0.1) is 5.92 Å². The Labute approximate surface area is 141 Å². The molecule has 0 saturated carbocycles. The van der Waals surface area contributed by atoms with E-state index >= 15 is 0 Å². The van der Waals surface area contributed by atoms with E-state index in [1.165, 1.54) is 0 Å². The smallest absolute Gasteiger partial charge is 0.243 e. The van der Waals surface area contributed by atoms with E-state index in [9.17, 15) is 14.4 Å². The van der Waals surface area contributed by atoms with Crippen molar-refractivity contribution in [1.29, 1.82) is 0 Å². The van der Waals surface area contributed by atoms with E-state index in [0.717, 1.165) is 5.56 Å². The predicted octanol–water partition coefficient (Wildman–Crippen LogP) is 0.784.